The van der Waals surface area contributed by atoms with Gasteiger partial charge in [-0.05, 0) is 26.1 Å². The third-order valence-corrected chi connectivity index (χ3v) is 2.11. The molecule has 1 atom stereocenters. The topological polar surface area (TPSA) is 45.0 Å². The number of rotatable bonds is 3. The highest BCUT2D eigenvalue weighted by Gasteiger charge is 2.13. The smallest absolute Gasteiger partial charge is 0.124 e. The van der Waals surface area contributed by atoms with Gasteiger partial charge in [-0.1, -0.05) is 11.6 Å². The maximum Gasteiger partial charge on any atom is 0.124 e. The van der Waals surface area contributed by atoms with Crippen LogP contribution < -0.4 is 10.1 Å². The number of nitrogens with one attached hydrogen (secondary N) is 1. The van der Waals surface area contributed by atoms with Crippen molar-refractivity contribution in [3.63, 3.8) is 0 Å². The Kier molecular flexibility index (Phi) is 3.49. The highest BCUT2D eigenvalue weighted by molar-refractivity contribution is 5.41. The van der Waals surface area contributed by atoms with E-state index in [-0.39, 0.29) is 6.04 Å². The summed E-state index contributed by atoms with van der Waals surface area (Å²) in [5, 5.41) is 11.9. The van der Waals surface area contributed by atoms with E-state index in [2.05, 4.69) is 11.4 Å². The summed E-state index contributed by atoms with van der Waals surface area (Å²) in [6.07, 6.45) is 0. The van der Waals surface area contributed by atoms with E-state index in [0.717, 1.165) is 16.9 Å². The number of nitriles is 1. The van der Waals surface area contributed by atoms with Gasteiger partial charge in [-0.2, -0.15) is 5.26 Å². The molecule has 1 aromatic rings. The molecule has 0 radical (unpaired) electrons. The number of nitrogens with zero attached hydrogens (tertiary/aromatic N) is 1. The average molecular weight is 190 g/mol. The third-order valence-electron chi connectivity index (χ3n) is 2.11. The Hall–Kier alpha value is -1.53. The molecule has 0 aromatic heterocycles. The number of methoxy groups -OCH3 is 1. The highest BCUT2D eigenvalue weighted by Crippen LogP contribution is 2.25. The van der Waals surface area contributed by atoms with Gasteiger partial charge in [0.25, 0.3) is 0 Å². The molecule has 0 amide bonds. The average Bonchev–Trinajstić information content (AvgIpc) is 2.20. The zero-order chi connectivity index (χ0) is 10.6. The van der Waals surface area contributed by atoms with E-state index in [0.29, 0.717) is 0 Å². The van der Waals surface area contributed by atoms with Gasteiger partial charge in [0.2, 0.25) is 0 Å². The predicted octanol–water partition coefficient (Wildman–Crippen LogP) is 1.79. The molecule has 0 spiro atoms. The monoisotopic (exact) mass is 190 g/mol. The minimum Gasteiger partial charge on any atom is -0.496 e. The maximum atomic E-state index is 8.92. The normalized spacial score (nSPS) is 11.9. The van der Waals surface area contributed by atoms with Crippen molar-refractivity contribution < 1.29 is 4.74 Å². The van der Waals surface area contributed by atoms with Crippen LogP contribution in [0.15, 0.2) is 18.2 Å². The second-order valence-corrected chi connectivity index (χ2v) is 3.10. The Morgan fingerprint density at radius 3 is 2.71 bits per heavy atom. The fraction of sp³-hybridized carbons (Fsp3) is 0.364. The molecular formula is C11H14N2O. The molecule has 0 saturated heterocycles. The van der Waals surface area contributed by atoms with Crippen molar-refractivity contribution in [2.45, 2.75) is 13.0 Å². The van der Waals surface area contributed by atoms with Gasteiger partial charge in [0.15, 0.2) is 0 Å². The molecule has 3 nitrogen and oxygen atoms in total. The van der Waals surface area contributed by atoms with E-state index in [9.17, 15) is 0 Å². The Labute approximate surface area is 84.3 Å². The minimum atomic E-state index is -0.315. The number of aryl methyl sites for hydroxylation is 1. The van der Waals surface area contributed by atoms with Crippen LogP contribution >= 0.6 is 0 Å². The Morgan fingerprint density at radius 1 is 1.50 bits per heavy atom. The van der Waals surface area contributed by atoms with Crippen LogP contribution in [0.5, 0.6) is 5.75 Å². The molecule has 3 heteroatoms. The summed E-state index contributed by atoms with van der Waals surface area (Å²) in [7, 11) is 3.37. The molecule has 1 N–H and O–H groups in total. The van der Waals surface area contributed by atoms with Crippen LogP contribution in [0.2, 0.25) is 0 Å². The number of hydrogen-bond acceptors (Lipinski definition) is 3. The molecule has 1 unspecified atom stereocenters. The molecule has 0 heterocycles. The third kappa shape index (κ3) is 2.04. The first-order valence-electron chi connectivity index (χ1n) is 4.44. The summed E-state index contributed by atoms with van der Waals surface area (Å²) >= 11 is 0. The number of benzene rings is 1. The lowest BCUT2D eigenvalue weighted by molar-refractivity contribution is 0.406. The van der Waals surface area contributed by atoms with E-state index in [1.807, 2.05) is 25.1 Å². The highest BCUT2D eigenvalue weighted by atomic mass is 16.5. The molecule has 0 bridgehead atoms. The van der Waals surface area contributed by atoms with Crippen LogP contribution in [-0.2, 0) is 0 Å². The Morgan fingerprint density at radius 2 is 2.21 bits per heavy atom. The molecule has 74 valence electrons. The van der Waals surface area contributed by atoms with Crippen molar-refractivity contribution in [3.05, 3.63) is 29.3 Å². The van der Waals surface area contributed by atoms with Gasteiger partial charge in [0, 0.05) is 5.56 Å². The lowest BCUT2D eigenvalue weighted by Crippen LogP contribution is -2.15. The van der Waals surface area contributed by atoms with Crippen LogP contribution in [-0.4, -0.2) is 14.2 Å². The van der Waals surface area contributed by atoms with Crippen molar-refractivity contribution in [1.82, 2.24) is 5.32 Å². The van der Waals surface area contributed by atoms with E-state index < -0.39 is 0 Å². The van der Waals surface area contributed by atoms with E-state index in [1.54, 1.807) is 14.2 Å². The summed E-state index contributed by atoms with van der Waals surface area (Å²) in [6.45, 7) is 1.99. The molecule has 1 rings (SSSR count). The van der Waals surface area contributed by atoms with Gasteiger partial charge in [-0.15, -0.1) is 0 Å². The summed E-state index contributed by atoms with van der Waals surface area (Å²) in [6, 6.07) is 7.67. The van der Waals surface area contributed by atoms with Crippen LogP contribution in [0.3, 0.4) is 0 Å². The van der Waals surface area contributed by atoms with Gasteiger partial charge in [-0.25, -0.2) is 0 Å². The van der Waals surface area contributed by atoms with Crippen molar-refractivity contribution in [1.29, 1.82) is 5.26 Å². The predicted molar refractivity (Wildman–Crippen MR) is 55.1 cm³/mol. The van der Waals surface area contributed by atoms with Gasteiger partial charge in [-0.3, -0.25) is 0 Å². The van der Waals surface area contributed by atoms with Crippen molar-refractivity contribution in [3.8, 4) is 11.8 Å². The van der Waals surface area contributed by atoms with Crippen molar-refractivity contribution in [2.75, 3.05) is 14.2 Å². The summed E-state index contributed by atoms with van der Waals surface area (Å²) < 4.78 is 5.19. The molecular weight excluding hydrogens is 176 g/mol. The zero-order valence-electron chi connectivity index (χ0n) is 8.66. The molecule has 0 aliphatic heterocycles. The first-order chi connectivity index (χ1) is 6.72. The van der Waals surface area contributed by atoms with Gasteiger partial charge < -0.3 is 10.1 Å². The fourth-order valence-electron chi connectivity index (χ4n) is 1.37. The number of ether oxygens (including phenoxy) is 1. The fourth-order valence-corrected chi connectivity index (χ4v) is 1.37. The molecule has 0 fully saturated rings. The van der Waals surface area contributed by atoms with Crippen molar-refractivity contribution >= 4 is 0 Å². The van der Waals surface area contributed by atoms with Crippen LogP contribution in [0.1, 0.15) is 17.2 Å². The van der Waals surface area contributed by atoms with Crippen LogP contribution in [0.25, 0.3) is 0 Å². The molecule has 0 aliphatic rings. The lowest BCUT2D eigenvalue weighted by atomic mass is 10.0. The minimum absolute atomic E-state index is 0.315. The molecule has 14 heavy (non-hydrogen) atoms. The van der Waals surface area contributed by atoms with Crippen LogP contribution in [0, 0.1) is 18.3 Å². The largest absolute Gasteiger partial charge is 0.496 e. The standard InChI is InChI=1S/C11H14N2O/c1-8-4-5-11(14-3)9(6-8)10(7-12)13-2/h4-6,10,13H,1-3H3. The first-order valence-corrected chi connectivity index (χ1v) is 4.44. The van der Waals surface area contributed by atoms with Gasteiger partial charge >= 0.3 is 0 Å². The Balaban J connectivity index is 3.16. The van der Waals surface area contributed by atoms with Crippen LogP contribution in [0.4, 0.5) is 0 Å². The molecule has 1 aromatic carbocycles. The maximum absolute atomic E-state index is 8.92. The quantitative estimate of drug-likeness (QED) is 0.790. The summed E-state index contributed by atoms with van der Waals surface area (Å²) in [4.78, 5) is 0. The SMILES string of the molecule is CNC(C#N)c1cc(C)ccc1OC. The Bertz CT molecular complexity index is 355. The van der Waals surface area contributed by atoms with E-state index in [1.165, 1.54) is 0 Å². The lowest BCUT2D eigenvalue weighted by Gasteiger charge is -2.13. The van der Waals surface area contributed by atoms with Gasteiger partial charge in [0.05, 0.1) is 13.2 Å². The van der Waals surface area contributed by atoms with E-state index >= 15 is 0 Å². The zero-order valence-corrected chi connectivity index (χ0v) is 8.66. The van der Waals surface area contributed by atoms with Gasteiger partial charge in [0.1, 0.15) is 11.8 Å². The second-order valence-electron chi connectivity index (χ2n) is 3.10. The summed E-state index contributed by atoms with van der Waals surface area (Å²) in [5.41, 5.74) is 2.01. The first kappa shape index (κ1) is 10.6. The van der Waals surface area contributed by atoms with Crippen molar-refractivity contribution in [2.24, 2.45) is 0 Å². The number of hydrogen-bond donors (Lipinski definition) is 1. The summed E-state index contributed by atoms with van der Waals surface area (Å²) in [5.74, 6) is 0.747. The van der Waals surface area contributed by atoms with E-state index in [4.69, 9.17) is 10.00 Å². The molecule has 0 saturated carbocycles. The molecule has 0 aliphatic carbocycles. The second kappa shape index (κ2) is 4.64.